The number of nitrogens with two attached hydrogens (primary N) is 1. The fraction of sp³-hybridized carbons (Fsp3) is 0.421. The van der Waals surface area contributed by atoms with E-state index in [9.17, 15) is 0 Å². The molecule has 0 bridgehead atoms. The molecule has 0 radical (unpaired) electrons. The van der Waals surface area contributed by atoms with E-state index < -0.39 is 0 Å². The van der Waals surface area contributed by atoms with E-state index in [4.69, 9.17) is 32.4 Å². The number of nitrogens with zero attached hydrogens (tertiary/aromatic N) is 5. The molecule has 0 unspecified atom stereocenters. The summed E-state index contributed by atoms with van der Waals surface area (Å²) >= 11 is 6.07. The van der Waals surface area contributed by atoms with Crippen molar-refractivity contribution >= 4 is 34.4 Å². The van der Waals surface area contributed by atoms with Crippen LogP contribution in [0.4, 0.5) is 11.8 Å². The molecule has 0 aliphatic carbocycles. The molecule has 1 aliphatic rings. The molecule has 0 amide bonds. The first kappa shape index (κ1) is 17.1. The predicted molar refractivity (Wildman–Crippen MR) is 107 cm³/mol. The first-order valence-electron chi connectivity index (χ1n) is 8.92. The Morgan fingerprint density at radius 2 is 1.69 bits per heavy atom. The summed E-state index contributed by atoms with van der Waals surface area (Å²) < 4.78 is 1.83. The number of aromatic nitrogens is 4. The number of fused-ring (bicyclic) bond motifs is 1. The van der Waals surface area contributed by atoms with Crippen molar-refractivity contribution in [2.24, 2.45) is 0 Å². The highest BCUT2D eigenvalue weighted by Crippen LogP contribution is 2.35. The lowest BCUT2D eigenvalue weighted by Gasteiger charge is -2.20. The third kappa shape index (κ3) is 2.88. The average Bonchev–Trinajstić information content (AvgIpc) is 3.23. The van der Waals surface area contributed by atoms with Gasteiger partial charge in [0.2, 0.25) is 5.95 Å². The Bertz CT molecular complexity index is 949. The lowest BCUT2D eigenvalue weighted by Crippen LogP contribution is -2.24. The van der Waals surface area contributed by atoms with Crippen LogP contribution in [0.1, 0.15) is 33.6 Å². The third-order valence-electron chi connectivity index (χ3n) is 4.70. The molecule has 0 spiro atoms. The second-order valence-electron chi connectivity index (χ2n) is 7.74. The minimum absolute atomic E-state index is 0.240. The molecule has 4 rings (SSSR count). The largest absolute Gasteiger partial charge is 0.383 e. The van der Waals surface area contributed by atoms with Gasteiger partial charge in [0.1, 0.15) is 5.82 Å². The lowest BCUT2D eigenvalue weighted by atomic mass is 10.1. The maximum absolute atomic E-state index is 6.48. The molecule has 136 valence electrons. The minimum Gasteiger partial charge on any atom is -0.383 e. The van der Waals surface area contributed by atoms with Gasteiger partial charge >= 0.3 is 0 Å². The molecule has 3 aromatic rings. The van der Waals surface area contributed by atoms with Crippen molar-refractivity contribution in [2.45, 2.75) is 39.2 Å². The Kier molecular flexibility index (Phi) is 4.03. The summed E-state index contributed by atoms with van der Waals surface area (Å²) in [5.41, 5.74) is 8.64. The zero-order chi connectivity index (χ0) is 18.5. The number of nitrogen functional groups attached to an aromatic ring is 1. The van der Waals surface area contributed by atoms with E-state index in [1.165, 1.54) is 0 Å². The fourth-order valence-electron chi connectivity index (χ4n) is 3.39. The van der Waals surface area contributed by atoms with E-state index in [0.717, 1.165) is 48.5 Å². The maximum Gasteiger partial charge on any atom is 0.228 e. The van der Waals surface area contributed by atoms with Gasteiger partial charge in [0, 0.05) is 23.7 Å². The van der Waals surface area contributed by atoms with Crippen LogP contribution in [0, 0.1) is 0 Å². The second-order valence-corrected chi connectivity index (χ2v) is 8.18. The molecule has 6 nitrogen and oxygen atoms in total. The van der Waals surface area contributed by atoms with Gasteiger partial charge in [0.15, 0.2) is 5.65 Å². The van der Waals surface area contributed by atoms with Crippen molar-refractivity contribution in [2.75, 3.05) is 23.7 Å². The molecule has 1 aliphatic heterocycles. The van der Waals surface area contributed by atoms with Crippen LogP contribution in [0.3, 0.4) is 0 Å². The summed E-state index contributed by atoms with van der Waals surface area (Å²) in [6.07, 6.45) is 2.33. The zero-order valence-corrected chi connectivity index (χ0v) is 16.1. The van der Waals surface area contributed by atoms with Gasteiger partial charge in [-0.25, -0.2) is 9.67 Å². The Morgan fingerprint density at radius 1 is 1.04 bits per heavy atom. The molecular formula is C19H23ClN6. The number of anilines is 2. The van der Waals surface area contributed by atoms with Crippen LogP contribution in [-0.2, 0) is 5.54 Å². The smallest absolute Gasteiger partial charge is 0.228 e. The molecule has 7 heteroatoms. The van der Waals surface area contributed by atoms with E-state index in [1.54, 1.807) is 0 Å². The molecule has 26 heavy (non-hydrogen) atoms. The number of rotatable bonds is 2. The molecule has 0 saturated carbocycles. The van der Waals surface area contributed by atoms with E-state index in [1.807, 2.05) is 28.9 Å². The zero-order valence-electron chi connectivity index (χ0n) is 15.3. The topological polar surface area (TPSA) is 72.9 Å². The first-order valence-corrected chi connectivity index (χ1v) is 9.30. The third-order valence-corrected chi connectivity index (χ3v) is 4.95. The quantitative estimate of drug-likeness (QED) is 0.735. The van der Waals surface area contributed by atoms with Gasteiger partial charge in [0.25, 0.3) is 0 Å². The Balaban J connectivity index is 1.99. The van der Waals surface area contributed by atoms with Crippen molar-refractivity contribution in [3.63, 3.8) is 0 Å². The molecular weight excluding hydrogens is 348 g/mol. The Morgan fingerprint density at radius 3 is 2.31 bits per heavy atom. The number of hydrogen-bond acceptors (Lipinski definition) is 5. The molecule has 3 heterocycles. The van der Waals surface area contributed by atoms with Crippen LogP contribution in [-0.4, -0.2) is 32.8 Å². The first-order chi connectivity index (χ1) is 12.3. The van der Waals surface area contributed by atoms with Crippen LogP contribution in [0.25, 0.3) is 22.3 Å². The summed E-state index contributed by atoms with van der Waals surface area (Å²) in [4.78, 5) is 11.8. The van der Waals surface area contributed by atoms with Crippen LogP contribution in [0.15, 0.2) is 24.3 Å². The van der Waals surface area contributed by atoms with Crippen molar-refractivity contribution in [1.29, 1.82) is 0 Å². The van der Waals surface area contributed by atoms with Crippen molar-refractivity contribution in [3.8, 4) is 11.3 Å². The van der Waals surface area contributed by atoms with E-state index in [2.05, 4.69) is 25.7 Å². The van der Waals surface area contributed by atoms with Gasteiger partial charge in [0.05, 0.1) is 16.6 Å². The summed E-state index contributed by atoms with van der Waals surface area (Å²) in [6, 6.07) is 7.66. The normalized spacial score (nSPS) is 15.2. The maximum atomic E-state index is 6.48. The Labute approximate surface area is 158 Å². The Hall–Kier alpha value is -2.34. The van der Waals surface area contributed by atoms with Crippen LogP contribution in [0.2, 0.25) is 5.02 Å². The number of hydrogen-bond donors (Lipinski definition) is 1. The van der Waals surface area contributed by atoms with Crippen LogP contribution < -0.4 is 10.6 Å². The molecule has 2 N–H and O–H groups in total. The summed E-state index contributed by atoms with van der Waals surface area (Å²) in [5, 5.41) is 6.20. The number of benzene rings is 1. The van der Waals surface area contributed by atoms with Crippen molar-refractivity contribution < 1.29 is 0 Å². The van der Waals surface area contributed by atoms with Gasteiger partial charge in [-0.3, -0.25) is 0 Å². The molecule has 1 saturated heterocycles. The summed E-state index contributed by atoms with van der Waals surface area (Å²) in [5.74, 6) is 1.31. The predicted octanol–water partition coefficient (Wildman–Crippen LogP) is 4.08. The van der Waals surface area contributed by atoms with Crippen LogP contribution in [0.5, 0.6) is 0 Å². The lowest BCUT2D eigenvalue weighted by molar-refractivity contribution is 0.364. The van der Waals surface area contributed by atoms with Crippen molar-refractivity contribution in [3.05, 3.63) is 29.3 Å². The monoisotopic (exact) mass is 370 g/mol. The fourth-order valence-corrected chi connectivity index (χ4v) is 3.51. The van der Waals surface area contributed by atoms with E-state index >= 15 is 0 Å². The standard InChI is InChI=1S/C19H23ClN6/c1-19(2,3)26-16(21)14-15(12-6-8-13(20)9-7-12)22-18(23-17(14)24-26)25-10-4-5-11-25/h6-9H,4-5,10-11,21H2,1-3H3. The van der Waals surface area contributed by atoms with E-state index in [0.29, 0.717) is 16.5 Å². The van der Waals surface area contributed by atoms with Gasteiger partial charge in [-0.15, -0.1) is 5.10 Å². The number of halogens is 1. The van der Waals surface area contributed by atoms with Gasteiger partial charge in [-0.2, -0.15) is 4.98 Å². The minimum atomic E-state index is -0.240. The molecule has 1 aromatic carbocycles. The molecule has 2 aromatic heterocycles. The highest BCUT2D eigenvalue weighted by atomic mass is 35.5. The average molecular weight is 371 g/mol. The van der Waals surface area contributed by atoms with Crippen LogP contribution >= 0.6 is 11.6 Å². The van der Waals surface area contributed by atoms with Gasteiger partial charge in [-0.1, -0.05) is 23.7 Å². The SMILES string of the molecule is CC(C)(C)n1nc2nc(N3CCCC3)nc(-c3ccc(Cl)cc3)c2c1N. The second kappa shape index (κ2) is 6.13. The molecule has 0 atom stereocenters. The van der Waals surface area contributed by atoms with Gasteiger partial charge in [-0.05, 0) is 45.7 Å². The van der Waals surface area contributed by atoms with Crippen molar-refractivity contribution in [1.82, 2.24) is 19.7 Å². The summed E-state index contributed by atoms with van der Waals surface area (Å²) in [7, 11) is 0. The highest BCUT2D eigenvalue weighted by molar-refractivity contribution is 6.30. The highest BCUT2D eigenvalue weighted by Gasteiger charge is 2.25. The van der Waals surface area contributed by atoms with Gasteiger partial charge < -0.3 is 10.6 Å². The van der Waals surface area contributed by atoms with E-state index in [-0.39, 0.29) is 5.54 Å². The summed E-state index contributed by atoms with van der Waals surface area (Å²) in [6.45, 7) is 8.17. The molecule has 1 fully saturated rings.